The van der Waals surface area contributed by atoms with Crippen molar-refractivity contribution < 1.29 is 9.18 Å². The largest absolute Gasteiger partial charge is 0.288 e. The second kappa shape index (κ2) is 5.50. The molecule has 2 aromatic carbocycles. The van der Waals surface area contributed by atoms with E-state index in [2.05, 4.69) is 5.10 Å². The van der Waals surface area contributed by atoms with Crippen LogP contribution in [0.3, 0.4) is 0 Å². The number of aromatic nitrogens is 2. The number of carbonyl (C=O) groups excluding carboxylic acids is 1. The van der Waals surface area contributed by atoms with Crippen LogP contribution in [0.2, 0.25) is 5.02 Å². The predicted molar refractivity (Wildman–Crippen MR) is 78.4 cm³/mol. The van der Waals surface area contributed by atoms with Gasteiger partial charge in [0.05, 0.1) is 23.0 Å². The smallest absolute Gasteiger partial charge is 0.199 e. The number of para-hydroxylation sites is 1. The highest BCUT2D eigenvalue weighted by Crippen LogP contribution is 2.19. The quantitative estimate of drug-likeness (QED) is 0.688. The van der Waals surface area contributed by atoms with Gasteiger partial charge in [0.15, 0.2) is 5.78 Å². The van der Waals surface area contributed by atoms with Gasteiger partial charge in [-0.2, -0.15) is 5.10 Å². The van der Waals surface area contributed by atoms with Crippen LogP contribution in [0, 0.1) is 5.82 Å². The molecule has 0 fully saturated rings. The van der Waals surface area contributed by atoms with Crippen LogP contribution >= 0.6 is 11.6 Å². The zero-order valence-corrected chi connectivity index (χ0v) is 11.6. The molecule has 21 heavy (non-hydrogen) atoms. The van der Waals surface area contributed by atoms with Gasteiger partial charge in [0.2, 0.25) is 0 Å². The van der Waals surface area contributed by atoms with E-state index in [0.717, 1.165) is 5.69 Å². The minimum atomic E-state index is -0.600. The summed E-state index contributed by atoms with van der Waals surface area (Å²) >= 11 is 5.81. The molecule has 1 aromatic heterocycles. The number of ketones is 1. The van der Waals surface area contributed by atoms with Crippen molar-refractivity contribution in [3.63, 3.8) is 0 Å². The summed E-state index contributed by atoms with van der Waals surface area (Å²) in [5.74, 6) is -1.05. The van der Waals surface area contributed by atoms with Crippen molar-refractivity contribution in [3.8, 4) is 5.69 Å². The molecule has 0 atom stereocenters. The Labute approximate surface area is 125 Å². The zero-order valence-electron chi connectivity index (χ0n) is 10.8. The first-order chi connectivity index (χ1) is 10.1. The molecule has 0 aliphatic heterocycles. The molecule has 3 aromatic rings. The number of benzene rings is 2. The van der Waals surface area contributed by atoms with Gasteiger partial charge in [0, 0.05) is 11.2 Å². The first-order valence-corrected chi connectivity index (χ1v) is 6.63. The number of nitrogens with zero attached hydrogens (tertiary/aromatic N) is 2. The van der Waals surface area contributed by atoms with E-state index in [9.17, 15) is 9.18 Å². The second-order valence-electron chi connectivity index (χ2n) is 4.46. The first-order valence-electron chi connectivity index (χ1n) is 6.25. The lowest BCUT2D eigenvalue weighted by molar-refractivity contribution is 0.103. The van der Waals surface area contributed by atoms with E-state index in [1.165, 1.54) is 24.4 Å². The van der Waals surface area contributed by atoms with E-state index in [1.807, 2.05) is 30.3 Å². The molecule has 3 nitrogen and oxygen atoms in total. The van der Waals surface area contributed by atoms with E-state index >= 15 is 0 Å². The van der Waals surface area contributed by atoms with Gasteiger partial charge in [-0.25, -0.2) is 9.07 Å². The Morgan fingerprint density at radius 2 is 1.90 bits per heavy atom. The molecule has 0 N–H and O–H groups in total. The van der Waals surface area contributed by atoms with Gasteiger partial charge in [-0.3, -0.25) is 4.79 Å². The Morgan fingerprint density at radius 3 is 2.67 bits per heavy atom. The number of carbonyl (C=O) groups is 1. The molecule has 3 rings (SSSR count). The number of halogens is 2. The van der Waals surface area contributed by atoms with Gasteiger partial charge in [0.25, 0.3) is 0 Å². The predicted octanol–water partition coefficient (Wildman–Crippen LogP) is 3.90. The standard InChI is InChI=1S/C16H10ClFN2O/c17-12-6-7-15(18)14(8-12)16(21)11-9-19-20(10-11)13-4-2-1-3-5-13/h1-10H. The van der Waals surface area contributed by atoms with Crippen LogP contribution in [0.1, 0.15) is 15.9 Å². The van der Waals surface area contributed by atoms with Gasteiger partial charge in [-0.05, 0) is 30.3 Å². The molecular formula is C16H10ClFN2O. The molecule has 0 spiro atoms. The lowest BCUT2D eigenvalue weighted by Crippen LogP contribution is -2.03. The van der Waals surface area contributed by atoms with Crippen LogP contribution in [0.4, 0.5) is 4.39 Å². The summed E-state index contributed by atoms with van der Waals surface area (Å²) in [4.78, 5) is 12.3. The summed E-state index contributed by atoms with van der Waals surface area (Å²) in [6, 6.07) is 13.3. The van der Waals surface area contributed by atoms with Crippen molar-refractivity contribution in [1.82, 2.24) is 9.78 Å². The fourth-order valence-electron chi connectivity index (χ4n) is 1.99. The van der Waals surface area contributed by atoms with E-state index in [0.29, 0.717) is 10.6 Å². The minimum absolute atomic E-state index is 0.0601. The molecule has 5 heteroatoms. The van der Waals surface area contributed by atoms with Crippen LogP contribution in [0.25, 0.3) is 5.69 Å². The SMILES string of the molecule is O=C(c1cnn(-c2ccccc2)c1)c1cc(Cl)ccc1F. The summed E-state index contributed by atoms with van der Waals surface area (Å²) in [7, 11) is 0. The fraction of sp³-hybridized carbons (Fsp3) is 0. The average molecular weight is 301 g/mol. The lowest BCUT2D eigenvalue weighted by atomic mass is 10.1. The van der Waals surface area contributed by atoms with E-state index in [-0.39, 0.29) is 5.56 Å². The second-order valence-corrected chi connectivity index (χ2v) is 4.90. The van der Waals surface area contributed by atoms with Gasteiger partial charge in [0.1, 0.15) is 5.82 Å². The Balaban J connectivity index is 1.96. The molecular weight excluding hydrogens is 291 g/mol. The Morgan fingerprint density at radius 1 is 1.14 bits per heavy atom. The number of hydrogen-bond donors (Lipinski definition) is 0. The molecule has 0 unspecified atom stereocenters. The molecule has 1 heterocycles. The maximum absolute atomic E-state index is 13.7. The van der Waals surface area contributed by atoms with Gasteiger partial charge < -0.3 is 0 Å². The van der Waals surface area contributed by atoms with Crippen molar-refractivity contribution in [2.24, 2.45) is 0 Å². The van der Waals surface area contributed by atoms with Gasteiger partial charge >= 0.3 is 0 Å². The van der Waals surface area contributed by atoms with Crippen LogP contribution in [0.15, 0.2) is 60.9 Å². The van der Waals surface area contributed by atoms with Crippen molar-refractivity contribution >= 4 is 17.4 Å². The highest BCUT2D eigenvalue weighted by Gasteiger charge is 2.16. The summed E-state index contributed by atoms with van der Waals surface area (Å²) in [6.45, 7) is 0. The molecule has 0 bridgehead atoms. The molecule has 0 saturated carbocycles. The summed E-state index contributed by atoms with van der Waals surface area (Å²) in [5, 5.41) is 4.44. The Hall–Kier alpha value is -2.46. The van der Waals surface area contributed by atoms with Crippen LogP contribution in [0.5, 0.6) is 0 Å². The minimum Gasteiger partial charge on any atom is -0.288 e. The summed E-state index contributed by atoms with van der Waals surface area (Å²) < 4.78 is 15.3. The third-order valence-corrected chi connectivity index (χ3v) is 3.27. The van der Waals surface area contributed by atoms with Gasteiger partial charge in [-0.15, -0.1) is 0 Å². The van der Waals surface area contributed by atoms with Crippen molar-refractivity contribution in [3.05, 3.63) is 82.9 Å². The Kier molecular flexibility index (Phi) is 3.54. The molecule has 0 saturated heterocycles. The monoisotopic (exact) mass is 300 g/mol. The molecule has 104 valence electrons. The molecule has 0 radical (unpaired) electrons. The number of rotatable bonds is 3. The maximum atomic E-state index is 13.7. The molecule has 0 aliphatic carbocycles. The van der Waals surface area contributed by atoms with Crippen LogP contribution in [-0.4, -0.2) is 15.6 Å². The third kappa shape index (κ3) is 2.71. The van der Waals surface area contributed by atoms with Crippen molar-refractivity contribution in [2.45, 2.75) is 0 Å². The first kappa shape index (κ1) is 13.5. The van der Waals surface area contributed by atoms with Crippen molar-refractivity contribution in [2.75, 3.05) is 0 Å². The lowest BCUT2D eigenvalue weighted by Gasteiger charge is -2.01. The van der Waals surface area contributed by atoms with Crippen molar-refractivity contribution in [1.29, 1.82) is 0 Å². The van der Waals surface area contributed by atoms with Crippen LogP contribution in [-0.2, 0) is 0 Å². The molecule has 0 amide bonds. The highest BCUT2D eigenvalue weighted by atomic mass is 35.5. The number of hydrogen-bond acceptors (Lipinski definition) is 2. The topological polar surface area (TPSA) is 34.9 Å². The average Bonchev–Trinajstić information content (AvgIpc) is 3.00. The summed E-state index contributed by atoms with van der Waals surface area (Å²) in [6.07, 6.45) is 2.98. The molecule has 0 aliphatic rings. The fourth-order valence-corrected chi connectivity index (χ4v) is 2.16. The zero-order chi connectivity index (χ0) is 14.8. The normalized spacial score (nSPS) is 10.6. The third-order valence-electron chi connectivity index (χ3n) is 3.04. The van der Waals surface area contributed by atoms with E-state index < -0.39 is 11.6 Å². The highest BCUT2D eigenvalue weighted by molar-refractivity contribution is 6.31. The Bertz CT molecular complexity index is 799. The maximum Gasteiger partial charge on any atom is 0.199 e. The van der Waals surface area contributed by atoms with E-state index in [4.69, 9.17) is 11.6 Å². The van der Waals surface area contributed by atoms with E-state index in [1.54, 1.807) is 10.9 Å². The van der Waals surface area contributed by atoms with Gasteiger partial charge in [-0.1, -0.05) is 29.8 Å². The summed E-state index contributed by atoms with van der Waals surface area (Å²) in [5.41, 5.74) is 1.07. The van der Waals surface area contributed by atoms with Crippen LogP contribution < -0.4 is 0 Å².